The summed E-state index contributed by atoms with van der Waals surface area (Å²) in [5.74, 6) is 1.03. The van der Waals surface area contributed by atoms with E-state index in [4.69, 9.17) is 11.6 Å². The Hall–Kier alpha value is -2.18. The number of likely N-dealkylation sites (tertiary alicyclic amines) is 1. The molecule has 0 saturated carbocycles. The largest absolute Gasteiger partial charge is 0.366 e. The molecular weight excluding hydrogens is 368 g/mol. The molecule has 3 heterocycles. The summed E-state index contributed by atoms with van der Waals surface area (Å²) in [6.07, 6.45) is 3.47. The molecule has 2 aromatic heterocycles. The molecule has 134 valence electrons. The predicted molar refractivity (Wildman–Crippen MR) is 107 cm³/mol. The molecule has 7 heteroatoms. The highest BCUT2D eigenvalue weighted by Gasteiger charge is 2.22. The Kier molecular flexibility index (Phi) is 4.78. The summed E-state index contributed by atoms with van der Waals surface area (Å²) in [5, 5.41) is 4.29. The van der Waals surface area contributed by atoms with Gasteiger partial charge in [0.2, 0.25) is 5.91 Å². The zero-order chi connectivity index (χ0) is 18.1. The molecule has 1 fully saturated rings. The van der Waals surface area contributed by atoms with Crippen molar-refractivity contribution in [1.29, 1.82) is 0 Å². The van der Waals surface area contributed by atoms with Crippen LogP contribution in [0.1, 0.15) is 19.8 Å². The Morgan fingerprint density at radius 3 is 2.65 bits per heavy atom. The third-order valence-electron chi connectivity index (χ3n) is 4.72. The molecule has 1 amide bonds. The molecular formula is C19H19ClN4OS. The van der Waals surface area contributed by atoms with Crippen LogP contribution in [0.5, 0.6) is 0 Å². The SMILES string of the molecule is CC(=O)N1CCC(Nc2ncnc3cc(-c4ccc(Cl)cc4)sc23)CC1. The van der Waals surface area contributed by atoms with Crippen molar-refractivity contribution in [3.8, 4) is 10.4 Å². The number of nitrogens with zero attached hydrogens (tertiary/aromatic N) is 3. The van der Waals surface area contributed by atoms with Crippen LogP contribution in [-0.4, -0.2) is 39.9 Å². The van der Waals surface area contributed by atoms with Crippen LogP contribution in [0.3, 0.4) is 0 Å². The summed E-state index contributed by atoms with van der Waals surface area (Å²) < 4.78 is 1.06. The molecule has 1 aromatic carbocycles. The monoisotopic (exact) mass is 386 g/mol. The van der Waals surface area contributed by atoms with Gasteiger partial charge in [-0.3, -0.25) is 4.79 Å². The van der Waals surface area contributed by atoms with E-state index in [-0.39, 0.29) is 5.91 Å². The lowest BCUT2D eigenvalue weighted by molar-refractivity contribution is -0.129. The molecule has 1 saturated heterocycles. The highest BCUT2D eigenvalue weighted by Crippen LogP contribution is 2.36. The van der Waals surface area contributed by atoms with Crippen LogP contribution >= 0.6 is 22.9 Å². The Bertz CT molecular complexity index is 932. The number of hydrogen-bond donors (Lipinski definition) is 1. The van der Waals surface area contributed by atoms with Gasteiger partial charge in [-0.1, -0.05) is 23.7 Å². The van der Waals surface area contributed by atoms with Gasteiger partial charge < -0.3 is 10.2 Å². The number of piperidine rings is 1. The van der Waals surface area contributed by atoms with Gasteiger partial charge in [0.15, 0.2) is 0 Å². The molecule has 1 aliphatic rings. The summed E-state index contributed by atoms with van der Waals surface area (Å²) in [4.78, 5) is 23.4. The number of amides is 1. The van der Waals surface area contributed by atoms with Gasteiger partial charge >= 0.3 is 0 Å². The van der Waals surface area contributed by atoms with Crippen molar-refractivity contribution in [3.63, 3.8) is 0 Å². The first-order valence-corrected chi connectivity index (χ1v) is 9.82. The summed E-state index contributed by atoms with van der Waals surface area (Å²) >= 11 is 7.67. The standard InChI is InChI=1S/C19H19ClN4OS/c1-12(25)24-8-6-15(7-9-24)23-19-18-16(21-11-22-19)10-17(26-18)13-2-4-14(20)5-3-13/h2-5,10-11,15H,6-9H2,1H3,(H,21,22,23). The van der Waals surface area contributed by atoms with E-state index < -0.39 is 0 Å². The van der Waals surface area contributed by atoms with E-state index >= 15 is 0 Å². The summed E-state index contributed by atoms with van der Waals surface area (Å²) in [6, 6.07) is 10.2. The molecule has 1 aliphatic heterocycles. The van der Waals surface area contributed by atoms with E-state index in [2.05, 4.69) is 21.4 Å². The molecule has 1 N–H and O–H groups in total. The first-order chi connectivity index (χ1) is 12.6. The van der Waals surface area contributed by atoms with Crippen LogP contribution in [-0.2, 0) is 4.79 Å². The van der Waals surface area contributed by atoms with E-state index in [9.17, 15) is 4.79 Å². The van der Waals surface area contributed by atoms with Gasteiger partial charge in [-0.15, -0.1) is 11.3 Å². The highest BCUT2D eigenvalue weighted by atomic mass is 35.5. The van der Waals surface area contributed by atoms with Crippen molar-refractivity contribution in [1.82, 2.24) is 14.9 Å². The van der Waals surface area contributed by atoms with E-state index in [0.29, 0.717) is 6.04 Å². The number of carbonyl (C=O) groups is 1. The van der Waals surface area contributed by atoms with Crippen LogP contribution in [0.15, 0.2) is 36.7 Å². The Labute approximate surface area is 161 Å². The van der Waals surface area contributed by atoms with Crippen LogP contribution < -0.4 is 5.32 Å². The lowest BCUT2D eigenvalue weighted by Crippen LogP contribution is -2.41. The topological polar surface area (TPSA) is 58.1 Å². The molecule has 0 radical (unpaired) electrons. The van der Waals surface area contributed by atoms with Crippen molar-refractivity contribution in [2.45, 2.75) is 25.8 Å². The Balaban J connectivity index is 1.56. The van der Waals surface area contributed by atoms with E-state index in [1.165, 1.54) is 0 Å². The van der Waals surface area contributed by atoms with Crippen molar-refractivity contribution in [2.75, 3.05) is 18.4 Å². The number of halogens is 1. The smallest absolute Gasteiger partial charge is 0.219 e. The second-order valence-corrected chi connectivity index (χ2v) is 7.97. The van der Waals surface area contributed by atoms with E-state index in [1.54, 1.807) is 24.6 Å². The molecule has 0 spiro atoms. The number of thiophene rings is 1. The van der Waals surface area contributed by atoms with Crippen LogP contribution in [0.2, 0.25) is 5.02 Å². The minimum absolute atomic E-state index is 0.152. The number of benzene rings is 1. The zero-order valence-corrected chi connectivity index (χ0v) is 16.0. The van der Waals surface area contributed by atoms with Gasteiger partial charge in [0.05, 0.1) is 10.2 Å². The minimum atomic E-state index is 0.152. The normalized spacial score (nSPS) is 15.4. The number of rotatable bonds is 3. The van der Waals surface area contributed by atoms with Gasteiger partial charge in [0.1, 0.15) is 12.1 Å². The van der Waals surface area contributed by atoms with Gasteiger partial charge in [-0.05, 0) is 36.6 Å². The molecule has 0 bridgehead atoms. The maximum absolute atomic E-state index is 11.5. The van der Waals surface area contributed by atoms with Crippen LogP contribution in [0.25, 0.3) is 20.7 Å². The summed E-state index contributed by atoms with van der Waals surface area (Å²) in [5.41, 5.74) is 2.07. The predicted octanol–water partition coefficient (Wildman–Crippen LogP) is 4.43. The second kappa shape index (κ2) is 7.21. The van der Waals surface area contributed by atoms with Gasteiger partial charge in [0.25, 0.3) is 0 Å². The molecule has 3 aromatic rings. The minimum Gasteiger partial charge on any atom is -0.366 e. The molecule has 5 nitrogen and oxygen atoms in total. The van der Waals surface area contributed by atoms with Crippen molar-refractivity contribution < 1.29 is 4.79 Å². The zero-order valence-electron chi connectivity index (χ0n) is 14.4. The molecule has 4 rings (SSSR count). The molecule has 26 heavy (non-hydrogen) atoms. The fraction of sp³-hybridized carbons (Fsp3) is 0.316. The average Bonchev–Trinajstić information content (AvgIpc) is 3.08. The maximum atomic E-state index is 11.5. The second-order valence-electron chi connectivity index (χ2n) is 6.48. The number of fused-ring (bicyclic) bond motifs is 1. The fourth-order valence-electron chi connectivity index (χ4n) is 3.25. The summed E-state index contributed by atoms with van der Waals surface area (Å²) in [6.45, 7) is 3.22. The maximum Gasteiger partial charge on any atom is 0.219 e. The number of anilines is 1. The molecule has 0 unspecified atom stereocenters. The van der Waals surface area contributed by atoms with Crippen LogP contribution in [0.4, 0.5) is 5.82 Å². The summed E-state index contributed by atoms with van der Waals surface area (Å²) in [7, 11) is 0. The first kappa shape index (κ1) is 17.2. The third-order valence-corrected chi connectivity index (χ3v) is 6.15. The molecule has 0 atom stereocenters. The number of carbonyl (C=O) groups excluding carboxylic acids is 1. The number of aromatic nitrogens is 2. The lowest BCUT2D eigenvalue weighted by Gasteiger charge is -2.31. The van der Waals surface area contributed by atoms with Gasteiger partial charge in [-0.2, -0.15) is 0 Å². The van der Waals surface area contributed by atoms with Gasteiger partial charge in [-0.25, -0.2) is 9.97 Å². The van der Waals surface area contributed by atoms with Crippen molar-refractivity contribution in [3.05, 3.63) is 41.7 Å². The first-order valence-electron chi connectivity index (χ1n) is 8.62. The van der Waals surface area contributed by atoms with Crippen molar-refractivity contribution in [2.24, 2.45) is 0 Å². The third kappa shape index (κ3) is 3.52. The molecule has 0 aliphatic carbocycles. The number of hydrogen-bond acceptors (Lipinski definition) is 5. The highest BCUT2D eigenvalue weighted by molar-refractivity contribution is 7.22. The van der Waals surface area contributed by atoms with E-state index in [0.717, 1.165) is 57.4 Å². The quantitative estimate of drug-likeness (QED) is 0.723. The van der Waals surface area contributed by atoms with Gasteiger partial charge in [0, 0.05) is 36.0 Å². The Morgan fingerprint density at radius 1 is 1.23 bits per heavy atom. The lowest BCUT2D eigenvalue weighted by atomic mass is 10.1. The van der Waals surface area contributed by atoms with Crippen LogP contribution in [0, 0.1) is 0 Å². The Morgan fingerprint density at radius 2 is 1.96 bits per heavy atom. The van der Waals surface area contributed by atoms with Crippen molar-refractivity contribution >= 4 is 44.9 Å². The van der Waals surface area contributed by atoms with E-state index in [1.807, 2.05) is 29.2 Å². The average molecular weight is 387 g/mol. The number of nitrogens with one attached hydrogen (secondary N) is 1. The fourth-order valence-corrected chi connectivity index (χ4v) is 4.44.